The van der Waals surface area contributed by atoms with Crippen molar-refractivity contribution >= 4 is 5.96 Å². The van der Waals surface area contributed by atoms with Gasteiger partial charge < -0.3 is 24.7 Å². The largest absolute Gasteiger partial charge is 0.486 e. The van der Waals surface area contributed by atoms with Crippen molar-refractivity contribution in [3.05, 3.63) is 78.4 Å². The van der Waals surface area contributed by atoms with E-state index in [2.05, 4.69) is 49.4 Å². The number of nitrogens with one attached hydrogen (secondary N) is 2. The van der Waals surface area contributed by atoms with Crippen molar-refractivity contribution in [3.8, 4) is 11.5 Å². The summed E-state index contributed by atoms with van der Waals surface area (Å²) in [6, 6.07) is 16.2. The average molecular weight is 391 g/mol. The van der Waals surface area contributed by atoms with E-state index in [0.29, 0.717) is 19.7 Å². The van der Waals surface area contributed by atoms with Crippen molar-refractivity contribution in [2.75, 3.05) is 20.2 Å². The minimum Gasteiger partial charge on any atom is -0.486 e. The van der Waals surface area contributed by atoms with Crippen molar-refractivity contribution in [1.82, 2.24) is 20.2 Å². The highest BCUT2D eigenvalue weighted by molar-refractivity contribution is 5.79. The average Bonchev–Trinajstić information content (AvgIpc) is 3.27. The Kier molecular flexibility index (Phi) is 5.95. The van der Waals surface area contributed by atoms with Gasteiger partial charge in [0.25, 0.3) is 0 Å². The monoisotopic (exact) mass is 391 g/mol. The molecule has 0 bridgehead atoms. The van der Waals surface area contributed by atoms with Gasteiger partial charge in [0, 0.05) is 32.5 Å². The summed E-state index contributed by atoms with van der Waals surface area (Å²) in [5.41, 5.74) is 2.42. The van der Waals surface area contributed by atoms with Crippen LogP contribution >= 0.6 is 0 Å². The maximum Gasteiger partial charge on any atom is 0.191 e. The van der Waals surface area contributed by atoms with Gasteiger partial charge in [-0.25, -0.2) is 4.98 Å². The molecule has 2 heterocycles. The molecule has 0 fully saturated rings. The van der Waals surface area contributed by atoms with Gasteiger partial charge in [0.2, 0.25) is 0 Å². The molecule has 3 aromatic rings. The van der Waals surface area contributed by atoms with E-state index in [4.69, 9.17) is 9.47 Å². The molecular formula is C22H25N5O2. The van der Waals surface area contributed by atoms with E-state index >= 15 is 0 Å². The second kappa shape index (κ2) is 9.14. The topological polar surface area (TPSA) is 72.7 Å². The predicted octanol–water partition coefficient (Wildman–Crippen LogP) is 2.44. The maximum atomic E-state index is 5.98. The lowest BCUT2D eigenvalue weighted by molar-refractivity contribution is 0.0936. The Bertz CT molecular complexity index is 955. The third-order valence-electron chi connectivity index (χ3n) is 4.66. The van der Waals surface area contributed by atoms with Gasteiger partial charge in [-0.05, 0) is 23.3 Å². The van der Waals surface area contributed by atoms with E-state index in [9.17, 15) is 0 Å². The lowest BCUT2D eigenvalue weighted by Crippen LogP contribution is -2.45. The highest BCUT2D eigenvalue weighted by atomic mass is 16.6. The van der Waals surface area contributed by atoms with Crippen LogP contribution in [0.2, 0.25) is 0 Å². The first-order chi connectivity index (χ1) is 14.3. The van der Waals surface area contributed by atoms with E-state index in [0.717, 1.165) is 24.0 Å². The zero-order valence-corrected chi connectivity index (χ0v) is 16.4. The third-order valence-corrected chi connectivity index (χ3v) is 4.66. The minimum absolute atomic E-state index is 0.0676. The number of para-hydroxylation sites is 2. The minimum atomic E-state index is -0.0676. The standard InChI is InChI=1S/C22H25N5O2/c1-23-22(26-13-19-15-28-20-7-2-3-8-21(20)29-19)25-12-17-5-4-6-18(11-17)14-27-10-9-24-16-27/h2-11,16,19H,12-15H2,1H3,(H2,23,25,26). The summed E-state index contributed by atoms with van der Waals surface area (Å²) in [5.74, 6) is 2.30. The molecule has 7 nitrogen and oxygen atoms in total. The van der Waals surface area contributed by atoms with E-state index in [1.165, 1.54) is 11.1 Å². The summed E-state index contributed by atoms with van der Waals surface area (Å²) >= 11 is 0. The van der Waals surface area contributed by atoms with Crippen LogP contribution < -0.4 is 20.1 Å². The number of ether oxygens (including phenoxy) is 2. The normalized spacial score (nSPS) is 15.8. The fraction of sp³-hybridized carbons (Fsp3) is 0.273. The van der Waals surface area contributed by atoms with Gasteiger partial charge >= 0.3 is 0 Å². The molecule has 0 spiro atoms. The van der Waals surface area contributed by atoms with Gasteiger partial charge in [-0.3, -0.25) is 4.99 Å². The fourth-order valence-corrected chi connectivity index (χ4v) is 3.21. The molecule has 4 rings (SSSR count). The van der Waals surface area contributed by atoms with Crippen LogP contribution in [0.4, 0.5) is 0 Å². The fourth-order valence-electron chi connectivity index (χ4n) is 3.21. The second-order valence-electron chi connectivity index (χ2n) is 6.86. The quantitative estimate of drug-likeness (QED) is 0.499. The highest BCUT2D eigenvalue weighted by Gasteiger charge is 2.20. The molecule has 1 unspecified atom stereocenters. The molecule has 1 atom stereocenters. The highest BCUT2D eigenvalue weighted by Crippen LogP contribution is 2.30. The van der Waals surface area contributed by atoms with Crippen molar-refractivity contribution in [2.45, 2.75) is 19.2 Å². The van der Waals surface area contributed by atoms with Gasteiger partial charge in [-0.2, -0.15) is 0 Å². The number of hydrogen-bond acceptors (Lipinski definition) is 4. The number of nitrogens with zero attached hydrogens (tertiary/aromatic N) is 3. The first kappa shape index (κ1) is 18.9. The van der Waals surface area contributed by atoms with Crippen LogP contribution in [0.5, 0.6) is 11.5 Å². The van der Waals surface area contributed by atoms with Crippen molar-refractivity contribution < 1.29 is 9.47 Å². The van der Waals surface area contributed by atoms with E-state index in [1.54, 1.807) is 13.2 Å². The maximum absolute atomic E-state index is 5.98. The van der Waals surface area contributed by atoms with Gasteiger partial charge in [0.15, 0.2) is 17.5 Å². The summed E-state index contributed by atoms with van der Waals surface area (Å²) < 4.78 is 13.8. The van der Waals surface area contributed by atoms with Crippen LogP contribution in [-0.2, 0) is 13.1 Å². The Labute approximate surface area is 170 Å². The van der Waals surface area contributed by atoms with Gasteiger partial charge in [-0.15, -0.1) is 0 Å². The predicted molar refractivity (Wildman–Crippen MR) is 112 cm³/mol. The van der Waals surface area contributed by atoms with E-state index in [-0.39, 0.29) is 6.10 Å². The number of imidazole rings is 1. The molecule has 0 aliphatic carbocycles. The molecule has 7 heteroatoms. The van der Waals surface area contributed by atoms with Gasteiger partial charge in [0.1, 0.15) is 12.7 Å². The number of benzene rings is 2. The Morgan fingerprint density at radius 1 is 1.14 bits per heavy atom. The summed E-state index contributed by atoms with van der Waals surface area (Å²) in [4.78, 5) is 8.39. The van der Waals surface area contributed by atoms with Crippen molar-refractivity contribution in [2.24, 2.45) is 4.99 Å². The Balaban J connectivity index is 1.27. The molecule has 0 radical (unpaired) electrons. The van der Waals surface area contributed by atoms with E-state index < -0.39 is 0 Å². The van der Waals surface area contributed by atoms with Crippen molar-refractivity contribution in [1.29, 1.82) is 0 Å². The smallest absolute Gasteiger partial charge is 0.191 e. The molecule has 0 amide bonds. The summed E-state index contributed by atoms with van der Waals surface area (Å²) in [6.45, 7) is 2.61. The number of fused-ring (bicyclic) bond motifs is 1. The molecule has 29 heavy (non-hydrogen) atoms. The van der Waals surface area contributed by atoms with Gasteiger partial charge in [0.05, 0.1) is 12.9 Å². The SMILES string of the molecule is CN=C(NCc1cccc(Cn2ccnc2)c1)NCC1COc2ccccc2O1. The van der Waals surface area contributed by atoms with Gasteiger partial charge in [-0.1, -0.05) is 36.4 Å². The lowest BCUT2D eigenvalue weighted by atomic mass is 10.1. The summed E-state index contributed by atoms with van der Waals surface area (Å²) in [7, 11) is 1.76. The molecule has 2 N–H and O–H groups in total. The third kappa shape index (κ3) is 5.07. The first-order valence-electron chi connectivity index (χ1n) is 9.67. The van der Waals surface area contributed by atoms with Crippen LogP contribution in [0.25, 0.3) is 0 Å². The number of aliphatic imine (C=N–C) groups is 1. The Morgan fingerprint density at radius 3 is 2.83 bits per heavy atom. The molecule has 150 valence electrons. The number of rotatable bonds is 6. The Morgan fingerprint density at radius 2 is 2.00 bits per heavy atom. The molecule has 1 aliphatic heterocycles. The number of hydrogen-bond donors (Lipinski definition) is 2. The molecular weight excluding hydrogens is 366 g/mol. The van der Waals surface area contributed by atoms with Crippen LogP contribution in [0, 0.1) is 0 Å². The van der Waals surface area contributed by atoms with Crippen molar-refractivity contribution in [3.63, 3.8) is 0 Å². The molecule has 0 saturated heterocycles. The number of aromatic nitrogens is 2. The summed E-state index contributed by atoms with van der Waals surface area (Å²) in [6.07, 6.45) is 5.51. The molecule has 1 aromatic heterocycles. The molecule has 0 saturated carbocycles. The van der Waals surface area contributed by atoms with Crippen LogP contribution in [-0.4, -0.2) is 41.8 Å². The Hall–Kier alpha value is -3.48. The van der Waals surface area contributed by atoms with Crippen LogP contribution in [0.1, 0.15) is 11.1 Å². The van der Waals surface area contributed by atoms with Crippen LogP contribution in [0.3, 0.4) is 0 Å². The van der Waals surface area contributed by atoms with E-state index in [1.807, 2.05) is 36.8 Å². The molecule has 1 aliphatic rings. The lowest BCUT2D eigenvalue weighted by Gasteiger charge is -2.27. The first-order valence-corrected chi connectivity index (χ1v) is 9.67. The zero-order valence-electron chi connectivity index (χ0n) is 16.4. The zero-order chi connectivity index (χ0) is 19.9. The summed E-state index contributed by atoms with van der Waals surface area (Å²) in [5, 5.41) is 6.67. The van der Waals surface area contributed by atoms with Crippen LogP contribution in [0.15, 0.2) is 72.2 Å². The molecule has 2 aromatic carbocycles. The number of guanidine groups is 1. The second-order valence-corrected chi connectivity index (χ2v) is 6.86.